The molecular weight excluding hydrogens is 250 g/mol. The number of nitrogens with two attached hydrogens (primary N) is 1. The molecule has 0 saturated carbocycles. The van der Waals surface area contributed by atoms with Gasteiger partial charge in [0, 0.05) is 29.9 Å². The molecule has 0 spiro atoms. The fourth-order valence-corrected chi connectivity index (χ4v) is 1.88. The van der Waals surface area contributed by atoms with E-state index < -0.39 is 0 Å². The zero-order chi connectivity index (χ0) is 13.1. The van der Waals surface area contributed by atoms with E-state index in [1.807, 2.05) is 38.4 Å². The van der Waals surface area contributed by atoms with Crippen molar-refractivity contribution in [2.24, 2.45) is 12.8 Å². The average molecular weight is 266 g/mol. The lowest BCUT2D eigenvalue weighted by molar-refractivity contribution is 0.295. The second-order valence-corrected chi connectivity index (χ2v) is 4.68. The standard InChI is InChI=1S/C13H16ClN3O/c1-9(15)12-7-10(14)3-4-13(12)18-8-11-5-6-17(2)16-11/h3-7,9H,8,15H2,1-2H3/t9-/m0/s1. The van der Waals surface area contributed by atoms with Gasteiger partial charge in [0.25, 0.3) is 0 Å². The molecule has 2 rings (SSSR count). The first-order valence-electron chi connectivity index (χ1n) is 5.72. The van der Waals surface area contributed by atoms with Crippen molar-refractivity contribution in [2.75, 3.05) is 0 Å². The number of hydrogen-bond donors (Lipinski definition) is 1. The van der Waals surface area contributed by atoms with Gasteiger partial charge in [0.2, 0.25) is 0 Å². The molecule has 2 aromatic rings. The van der Waals surface area contributed by atoms with Crippen molar-refractivity contribution in [3.8, 4) is 5.75 Å². The van der Waals surface area contributed by atoms with Crippen molar-refractivity contribution in [3.05, 3.63) is 46.7 Å². The molecule has 1 aromatic carbocycles. The predicted octanol–water partition coefficient (Wildman–Crippen LogP) is 2.67. The zero-order valence-electron chi connectivity index (χ0n) is 10.4. The maximum Gasteiger partial charge on any atom is 0.132 e. The minimum atomic E-state index is -0.123. The quantitative estimate of drug-likeness (QED) is 0.925. The molecule has 0 unspecified atom stereocenters. The molecule has 1 aromatic heterocycles. The third kappa shape index (κ3) is 3.03. The van der Waals surface area contributed by atoms with E-state index in [9.17, 15) is 0 Å². The van der Waals surface area contributed by atoms with Gasteiger partial charge in [0.1, 0.15) is 12.4 Å². The number of ether oxygens (including phenoxy) is 1. The van der Waals surface area contributed by atoms with E-state index in [-0.39, 0.29) is 6.04 Å². The van der Waals surface area contributed by atoms with Gasteiger partial charge in [0.15, 0.2) is 0 Å². The SMILES string of the molecule is C[C@H](N)c1cc(Cl)ccc1OCc1ccn(C)n1. The molecule has 0 amide bonds. The number of halogens is 1. The molecule has 96 valence electrons. The van der Waals surface area contributed by atoms with Gasteiger partial charge in [0.05, 0.1) is 5.69 Å². The van der Waals surface area contributed by atoms with Crippen molar-refractivity contribution in [1.82, 2.24) is 9.78 Å². The van der Waals surface area contributed by atoms with E-state index in [1.54, 1.807) is 10.7 Å². The number of hydrogen-bond acceptors (Lipinski definition) is 3. The van der Waals surface area contributed by atoms with Crippen molar-refractivity contribution >= 4 is 11.6 Å². The first-order valence-corrected chi connectivity index (χ1v) is 6.10. The lowest BCUT2D eigenvalue weighted by Crippen LogP contribution is -2.08. The molecule has 5 heteroatoms. The number of nitrogens with zero attached hydrogens (tertiary/aromatic N) is 2. The fraction of sp³-hybridized carbons (Fsp3) is 0.308. The Balaban J connectivity index is 2.13. The highest BCUT2D eigenvalue weighted by atomic mass is 35.5. The van der Waals surface area contributed by atoms with Crippen molar-refractivity contribution in [1.29, 1.82) is 0 Å². The predicted molar refractivity (Wildman–Crippen MR) is 71.6 cm³/mol. The van der Waals surface area contributed by atoms with Crippen LogP contribution in [0.5, 0.6) is 5.75 Å². The molecule has 2 N–H and O–H groups in total. The summed E-state index contributed by atoms with van der Waals surface area (Å²) in [6.07, 6.45) is 1.88. The highest BCUT2D eigenvalue weighted by Crippen LogP contribution is 2.27. The Morgan fingerprint density at radius 3 is 2.83 bits per heavy atom. The van der Waals surface area contributed by atoms with Crippen LogP contribution in [0, 0.1) is 0 Å². The largest absolute Gasteiger partial charge is 0.487 e. The normalized spacial score (nSPS) is 12.4. The summed E-state index contributed by atoms with van der Waals surface area (Å²) in [5.41, 5.74) is 7.68. The van der Waals surface area contributed by atoms with Gasteiger partial charge in [-0.05, 0) is 31.2 Å². The van der Waals surface area contributed by atoms with E-state index in [2.05, 4.69) is 5.10 Å². The van der Waals surface area contributed by atoms with Crippen molar-refractivity contribution in [2.45, 2.75) is 19.6 Å². The summed E-state index contributed by atoms with van der Waals surface area (Å²) in [4.78, 5) is 0. The van der Waals surface area contributed by atoms with Crippen LogP contribution in [0.3, 0.4) is 0 Å². The molecule has 0 fully saturated rings. The summed E-state index contributed by atoms with van der Waals surface area (Å²) in [7, 11) is 1.87. The summed E-state index contributed by atoms with van der Waals surface area (Å²) < 4.78 is 7.48. The van der Waals surface area contributed by atoms with Gasteiger partial charge < -0.3 is 10.5 Å². The fourth-order valence-electron chi connectivity index (χ4n) is 1.70. The Morgan fingerprint density at radius 2 is 2.22 bits per heavy atom. The topological polar surface area (TPSA) is 53.1 Å². The minimum Gasteiger partial charge on any atom is -0.487 e. The molecule has 0 aliphatic carbocycles. The highest BCUT2D eigenvalue weighted by molar-refractivity contribution is 6.30. The molecule has 0 saturated heterocycles. The smallest absolute Gasteiger partial charge is 0.132 e. The highest BCUT2D eigenvalue weighted by Gasteiger charge is 2.09. The molecule has 1 heterocycles. The van der Waals surface area contributed by atoms with Crippen molar-refractivity contribution in [3.63, 3.8) is 0 Å². The Morgan fingerprint density at radius 1 is 1.44 bits per heavy atom. The van der Waals surface area contributed by atoms with E-state index in [0.717, 1.165) is 17.0 Å². The molecule has 4 nitrogen and oxygen atoms in total. The van der Waals surface area contributed by atoms with Gasteiger partial charge in [-0.2, -0.15) is 5.10 Å². The van der Waals surface area contributed by atoms with Crippen LogP contribution in [0.25, 0.3) is 0 Å². The summed E-state index contributed by atoms with van der Waals surface area (Å²) in [5, 5.41) is 4.91. The van der Waals surface area contributed by atoms with Crippen LogP contribution < -0.4 is 10.5 Å². The van der Waals surface area contributed by atoms with E-state index >= 15 is 0 Å². The lowest BCUT2D eigenvalue weighted by Gasteiger charge is -2.13. The van der Waals surface area contributed by atoms with Crippen LogP contribution >= 0.6 is 11.6 Å². The lowest BCUT2D eigenvalue weighted by atomic mass is 10.1. The number of benzene rings is 1. The van der Waals surface area contributed by atoms with E-state index in [1.165, 1.54) is 0 Å². The number of aromatic nitrogens is 2. The van der Waals surface area contributed by atoms with Crippen LogP contribution in [-0.2, 0) is 13.7 Å². The Labute approximate surface area is 111 Å². The first-order chi connectivity index (χ1) is 8.56. The number of aryl methyl sites for hydroxylation is 1. The van der Waals surface area contributed by atoms with Gasteiger partial charge in [-0.25, -0.2) is 0 Å². The van der Waals surface area contributed by atoms with E-state index in [4.69, 9.17) is 22.1 Å². The first kappa shape index (κ1) is 12.9. The second kappa shape index (κ2) is 5.42. The minimum absolute atomic E-state index is 0.123. The molecule has 0 aliphatic heterocycles. The van der Waals surface area contributed by atoms with Crippen molar-refractivity contribution < 1.29 is 4.74 Å². The van der Waals surface area contributed by atoms with Crippen LogP contribution in [0.15, 0.2) is 30.5 Å². The Kier molecular flexibility index (Phi) is 3.89. The Bertz CT molecular complexity index is 537. The Hall–Kier alpha value is -1.52. The third-order valence-electron chi connectivity index (χ3n) is 2.61. The molecule has 1 atom stereocenters. The van der Waals surface area contributed by atoms with Crippen LogP contribution in [0.4, 0.5) is 0 Å². The maximum atomic E-state index is 5.95. The van der Waals surface area contributed by atoms with Gasteiger partial charge >= 0.3 is 0 Å². The van der Waals surface area contributed by atoms with Crippen LogP contribution in [0.2, 0.25) is 5.02 Å². The maximum absolute atomic E-state index is 5.95. The molecule has 0 bridgehead atoms. The van der Waals surface area contributed by atoms with Gasteiger partial charge in [-0.1, -0.05) is 11.6 Å². The summed E-state index contributed by atoms with van der Waals surface area (Å²) in [6, 6.07) is 7.26. The molecule has 18 heavy (non-hydrogen) atoms. The summed E-state index contributed by atoms with van der Waals surface area (Å²) >= 11 is 5.95. The third-order valence-corrected chi connectivity index (χ3v) is 2.84. The van der Waals surface area contributed by atoms with Crippen LogP contribution in [-0.4, -0.2) is 9.78 Å². The zero-order valence-corrected chi connectivity index (χ0v) is 11.2. The molecular formula is C13H16ClN3O. The average Bonchev–Trinajstić information content (AvgIpc) is 2.73. The van der Waals surface area contributed by atoms with Crippen LogP contribution in [0.1, 0.15) is 24.2 Å². The van der Waals surface area contributed by atoms with E-state index in [0.29, 0.717) is 11.6 Å². The monoisotopic (exact) mass is 265 g/mol. The molecule has 0 radical (unpaired) electrons. The molecule has 0 aliphatic rings. The summed E-state index contributed by atoms with van der Waals surface area (Å²) in [6.45, 7) is 2.32. The summed E-state index contributed by atoms with van der Waals surface area (Å²) in [5.74, 6) is 0.750. The van der Waals surface area contributed by atoms with Gasteiger partial charge in [-0.15, -0.1) is 0 Å². The number of rotatable bonds is 4. The second-order valence-electron chi connectivity index (χ2n) is 4.24. The van der Waals surface area contributed by atoms with Gasteiger partial charge in [-0.3, -0.25) is 4.68 Å².